The van der Waals surface area contributed by atoms with E-state index in [0.717, 1.165) is 0 Å². The second-order valence-electron chi connectivity index (χ2n) is 6.86. The molecule has 0 spiro atoms. The van der Waals surface area contributed by atoms with E-state index in [0.29, 0.717) is 11.0 Å². The SMILES string of the molecule is CC1(C)OB(C(=Cc2ccc(N)c(OC(F)(F)F)c2)CN)OC1(C)C. The van der Waals surface area contributed by atoms with Gasteiger partial charge in [0.2, 0.25) is 0 Å². The molecule has 0 saturated carbocycles. The van der Waals surface area contributed by atoms with Crippen LogP contribution in [0, 0.1) is 0 Å². The molecule has 0 amide bonds. The second kappa shape index (κ2) is 6.55. The van der Waals surface area contributed by atoms with Gasteiger partial charge < -0.3 is 25.5 Å². The average Bonchev–Trinajstić information content (AvgIpc) is 2.66. The maximum Gasteiger partial charge on any atom is 0.573 e. The number of alkyl halides is 3. The van der Waals surface area contributed by atoms with Crippen LogP contribution < -0.4 is 16.2 Å². The summed E-state index contributed by atoms with van der Waals surface area (Å²) in [5, 5.41) is 0. The molecule has 0 aliphatic carbocycles. The summed E-state index contributed by atoms with van der Waals surface area (Å²) in [4.78, 5) is 0. The first-order chi connectivity index (χ1) is 11.3. The van der Waals surface area contributed by atoms with Crippen LogP contribution in [0.4, 0.5) is 18.9 Å². The number of rotatable bonds is 4. The highest BCUT2D eigenvalue weighted by molar-refractivity contribution is 6.55. The molecule has 5 nitrogen and oxygen atoms in total. The summed E-state index contributed by atoms with van der Waals surface area (Å²) in [5.41, 5.74) is 11.2. The molecule has 1 aliphatic heterocycles. The van der Waals surface area contributed by atoms with Crippen LogP contribution in [0.25, 0.3) is 6.08 Å². The van der Waals surface area contributed by atoms with Crippen LogP contribution in [-0.4, -0.2) is 31.2 Å². The van der Waals surface area contributed by atoms with Crippen molar-refractivity contribution in [3.8, 4) is 5.75 Å². The average molecular weight is 358 g/mol. The smallest absolute Gasteiger partial charge is 0.404 e. The van der Waals surface area contributed by atoms with Crippen molar-refractivity contribution >= 4 is 18.9 Å². The number of hydrogen-bond donors (Lipinski definition) is 2. The first kappa shape index (κ1) is 19.6. The molecule has 1 aromatic rings. The summed E-state index contributed by atoms with van der Waals surface area (Å²) >= 11 is 0. The van der Waals surface area contributed by atoms with E-state index in [4.69, 9.17) is 20.8 Å². The summed E-state index contributed by atoms with van der Waals surface area (Å²) in [6.07, 6.45) is -3.20. The molecule has 0 atom stereocenters. The van der Waals surface area contributed by atoms with E-state index in [9.17, 15) is 13.2 Å². The Morgan fingerprint density at radius 2 is 1.76 bits per heavy atom. The third kappa shape index (κ3) is 4.48. The Balaban J connectivity index is 2.30. The van der Waals surface area contributed by atoms with Crippen LogP contribution in [0.15, 0.2) is 23.7 Å². The van der Waals surface area contributed by atoms with Crippen molar-refractivity contribution in [3.05, 3.63) is 29.2 Å². The van der Waals surface area contributed by atoms with Gasteiger partial charge >= 0.3 is 13.5 Å². The molecule has 0 unspecified atom stereocenters. The molecule has 1 fully saturated rings. The lowest BCUT2D eigenvalue weighted by molar-refractivity contribution is -0.274. The van der Waals surface area contributed by atoms with Crippen LogP contribution in [0.5, 0.6) is 5.75 Å². The molecule has 1 aliphatic rings. The number of ether oxygens (including phenoxy) is 1. The van der Waals surface area contributed by atoms with E-state index in [1.807, 2.05) is 27.7 Å². The van der Waals surface area contributed by atoms with Crippen molar-refractivity contribution in [3.63, 3.8) is 0 Å². The summed E-state index contributed by atoms with van der Waals surface area (Å²) in [7, 11) is -0.681. The lowest BCUT2D eigenvalue weighted by Crippen LogP contribution is -2.41. The van der Waals surface area contributed by atoms with Crippen molar-refractivity contribution in [1.82, 2.24) is 0 Å². The van der Waals surface area contributed by atoms with Gasteiger partial charge in [0.25, 0.3) is 0 Å². The van der Waals surface area contributed by atoms with Gasteiger partial charge in [0.15, 0.2) is 5.75 Å². The first-order valence-electron chi connectivity index (χ1n) is 7.76. The number of hydrogen-bond acceptors (Lipinski definition) is 5. The maximum atomic E-state index is 12.4. The lowest BCUT2D eigenvalue weighted by atomic mass is 9.77. The highest BCUT2D eigenvalue weighted by atomic mass is 19.4. The van der Waals surface area contributed by atoms with Crippen LogP contribution in [0.3, 0.4) is 0 Å². The minimum absolute atomic E-state index is 0.112. The predicted molar refractivity (Wildman–Crippen MR) is 90.7 cm³/mol. The van der Waals surface area contributed by atoms with Crippen molar-refractivity contribution in [2.24, 2.45) is 5.73 Å². The van der Waals surface area contributed by atoms with Crippen molar-refractivity contribution < 1.29 is 27.2 Å². The summed E-state index contributed by atoms with van der Waals surface area (Å²) in [6, 6.07) is 4.11. The second-order valence-corrected chi connectivity index (χ2v) is 6.86. The summed E-state index contributed by atoms with van der Waals surface area (Å²) in [5.74, 6) is -0.466. The highest BCUT2D eigenvalue weighted by Crippen LogP contribution is 2.39. The van der Waals surface area contributed by atoms with E-state index in [-0.39, 0.29) is 12.2 Å². The molecule has 1 saturated heterocycles. The molecule has 0 radical (unpaired) electrons. The first-order valence-corrected chi connectivity index (χ1v) is 7.76. The number of nitrogens with two attached hydrogens (primary N) is 2. The Morgan fingerprint density at radius 3 is 2.24 bits per heavy atom. The van der Waals surface area contributed by atoms with Crippen molar-refractivity contribution in [2.45, 2.75) is 45.3 Å². The number of halogens is 3. The van der Waals surface area contributed by atoms with E-state index in [1.54, 1.807) is 12.1 Å². The lowest BCUT2D eigenvalue weighted by Gasteiger charge is -2.32. The quantitative estimate of drug-likeness (QED) is 0.639. The topological polar surface area (TPSA) is 79.7 Å². The highest BCUT2D eigenvalue weighted by Gasteiger charge is 2.52. The van der Waals surface area contributed by atoms with Gasteiger partial charge in [0.05, 0.1) is 16.9 Å². The fraction of sp³-hybridized carbons (Fsp3) is 0.500. The molecule has 0 bridgehead atoms. The summed E-state index contributed by atoms with van der Waals surface area (Å²) < 4.78 is 53.1. The molecule has 25 heavy (non-hydrogen) atoms. The zero-order chi connectivity index (χ0) is 19.0. The number of anilines is 1. The van der Waals surface area contributed by atoms with Gasteiger partial charge in [-0.05, 0) is 50.9 Å². The van der Waals surface area contributed by atoms with E-state index >= 15 is 0 Å². The molecule has 9 heteroatoms. The van der Waals surface area contributed by atoms with Gasteiger partial charge in [-0.1, -0.05) is 12.1 Å². The molecule has 4 N–H and O–H groups in total. The zero-order valence-corrected chi connectivity index (χ0v) is 14.6. The standard InChI is InChI=1S/C16H22BF3N2O3/c1-14(2)15(3,4)25-17(24-14)11(9-21)7-10-5-6-12(22)13(8-10)23-16(18,19)20/h5-8H,9,21-22H2,1-4H3. The van der Waals surface area contributed by atoms with Crippen LogP contribution in [-0.2, 0) is 9.31 Å². The van der Waals surface area contributed by atoms with Gasteiger partial charge in [-0.3, -0.25) is 0 Å². The van der Waals surface area contributed by atoms with Gasteiger partial charge in [-0.25, -0.2) is 0 Å². The molecule has 2 rings (SSSR count). The minimum Gasteiger partial charge on any atom is -0.404 e. The normalized spacial score (nSPS) is 20.0. The van der Waals surface area contributed by atoms with E-state index in [1.165, 1.54) is 12.1 Å². The van der Waals surface area contributed by atoms with Crippen LogP contribution in [0.2, 0.25) is 0 Å². The molecule has 0 aromatic heterocycles. The fourth-order valence-corrected chi connectivity index (χ4v) is 2.29. The monoisotopic (exact) mass is 358 g/mol. The summed E-state index contributed by atoms with van der Waals surface area (Å²) in [6.45, 7) is 7.73. The molecular formula is C16H22BF3N2O3. The van der Waals surface area contributed by atoms with Crippen molar-refractivity contribution in [2.75, 3.05) is 12.3 Å². The number of nitrogen functional groups attached to an aromatic ring is 1. The van der Waals surface area contributed by atoms with Gasteiger partial charge in [0.1, 0.15) is 0 Å². The molecular weight excluding hydrogens is 336 g/mol. The largest absolute Gasteiger partial charge is 0.573 e. The van der Waals surface area contributed by atoms with Gasteiger partial charge in [-0.2, -0.15) is 0 Å². The van der Waals surface area contributed by atoms with Crippen LogP contribution >= 0.6 is 0 Å². The minimum atomic E-state index is -4.82. The predicted octanol–water partition coefficient (Wildman–Crippen LogP) is 3.14. The Hall–Kier alpha value is -1.71. The third-order valence-corrected chi connectivity index (χ3v) is 4.41. The van der Waals surface area contributed by atoms with Gasteiger partial charge in [0, 0.05) is 6.54 Å². The number of benzene rings is 1. The molecule has 1 heterocycles. The Labute approximate surface area is 145 Å². The maximum absolute atomic E-state index is 12.4. The molecule has 1 aromatic carbocycles. The van der Waals surface area contributed by atoms with Crippen LogP contribution in [0.1, 0.15) is 33.3 Å². The third-order valence-electron chi connectivity index (χ3n) is 4.41. The fourth-order valence-electron chi connectivity index (χ4n) is 2.29. The Morgan fingerprint density at radius 1 is 1.20 bits per heavy atom. The Kier molecular flexibility index (Phi) is 5.14. The zero-order valence-electron chi connectivity index (χ0n) is 14.6. The van der Waals surface area contributed by atoms with E-state index in [2.05, 4.69) is 4.74 Å². The van der Waals surface area contributed by atoms with Gasteiger partial charge in [-0.15, -0.1) is 13.2 Å². The Bertz CT molecular complexity index is 659. The van der Waals surface area contributed by atoms with Crippen molar-refractivity contribution in [1.29, 1.82) is 0 Å². The molecule has 138 valence electrons. The van der Waals surface area contributed by atoms with E-state index < -0.39 is 30.4 Å².